The molecular formula is C9H20N2O5. The number of aliphatic hydroxyl groups excluding tert-OH is 1. The highest BCUT2D eigenvalue weighted by molar-refractivity contribution is 5.74. The Balaban J connectivity index is 3.18. The summed E-state index contributed by atoms with van der Waals surface area (Å²) < 4.78 is 10.2. The van der Waals surface area contributed by atoms with Gasteiger partial charge in [-0.2, -0.15) is 5.48 Å². The smallest absolute Gasteiger partial charge is 0.245 e. The number of carbonyl (C=O) groups is 1. The van der Waals surface area contributed by atoms with Crippen molar-refractivity contribution in [1.82, 2.24) is 5.48 Å². The van der Waals surface area contributed by atoms with E-state index in [9.17, 15) is 9.90 Å². The van der Waals surface area contributed by atoms with Gasteiger partial charge in [-0.25, -0.2) is 0 Å². The number of nitrogens with two attached hydrogens (primary N) is 1. The molecule has 0 aliphatic rings. The number of aliphatic hydroxyl groups is 1. The summed E-state index contributed by atoms with van der Waals surface area (Å²) in [4.78, 5) is 14.9. The summed E-state index contributed by atoms with van der Waals surface area (Å²) in [5.74, 6) is -0.574. The lowest BCUT2D eigenvalue weighted by Crippen LogP contribution is -2.33. The quantitative estimate of drug-likeness (QED) is 0.295. The van der Waals surface area contributed by atoms with Crippen molar-refractivity contribution in [3.8, 4) is 0 Å². The molecule has 0 aliphatic carbocycles. The number of ether oxygens (including phenoxy) is 2. The third-order valence-electron chi connectivity index (χ3n) is 1.52. The van der Waals surface area contributed by atoms with E-state index in [0.717, 1.165) is 0 Å². The molecule has 0 radical (unpaired) electrons. The molecule has 4 N–H and O–H groups in total. The Hall–Kier alpha value is -0.730. The predicted octanol–water partition coefficient (Wildman–Crippen LogP) is -1.59. The van der Waals surface area contributed by atoms with Crippen LogP contribution in [0, 0.1) is 0 Å². The molecule has 7 heteroatoms. The predicted molar refractivity (Wildman–Crippen MR) is 56.5 cm³/mol. The van der Waals surface area contributed by atoms with Gasteiger partial charge in [-0.3, -0.25) is 9.63 Å². The molecule has 1 amide bonds. The maximum atomic E-state index is 10.3. The van der Waals surface area contributed by atoms with Crippen molar-refractivity contribution in [2.24, 2.45) is 5.73 Å². The SMILES string of the molecule is CCOCCOCC(O)CNOCC(N)=O. The summed E-state index contributed by atoms with van der Waals surface area (Å²) in [7, 11) is 0. The zero-order valence-corrected chi connectivity index (χ0v) is 9.48. The summed E-state index contributed by atoms with van der Waals surface area (Å²) in [5, 5.41) is 9.35. The number of hydroxylamine groups is 1. The molecule has 0 fully saturated rings. The molecule has 0 aromatic rings. The van der Waals surface area contributed by atoms with E-state index < -0.39 is 12.0 Å². The van der Waals surface area contributed by atoms with Crippen LogP contribution in [-0.2, 0) is 19.1 Å². The third kappa shape index (κ3) is 11.3. The van der Waals surface area contributed by atoms with Gasteiger partial charge >= 0.3 is 0 Å². The summed E-state index contributed by atoms with van der Waals surface area (Å²) in [6.45, 7) is 3.62. The van der Waals surface area contributed by atoms with Crippen LogP contribution in [0.5, 0.6) is 0 Å². The van der Waals surface area contributed by atoms with Gasteiger partial charge in [0.2, 0.25) is 5.91 Å². The van der Waals surface area contributed by atoms with Crippen molar-refractivity contribution in [2.45, 2.75) is 13.0 Å². The van der Waals surface area contributed by atoms with Crippen molar-refractivity contribution in [3.05, 3.63) is 0 Å². The second-order valence-electron chi connectivity index (χ2n) is 3.03. The molecule has 0 spiro atoms. The number of nitrogens with one attached hydrogen (secondary N) is 1. The number of rotatable bonds is 11. The van der Waals surface area contributed by atoms with Crippen LogP contribution in [0.15, 0.2) is 0 Å². The number of amides is 1. The Kier molecular flexibility index (Phi) is 10.3. The zero-order valence-electron chi connectivity index (χ0n) is 9.48. The summed E-state index contributed by atoms with van der Waals surface area (Å²) >= 11 is 0. The first-order chi connectivity index (χ1) is 7.66. The number of hydrogen-bond donors (Lipinski definition) is 3. The normalized spacial score (nSPS) is 12.6. The van der Waals surface area contributed by atoms with Crippen molar-refractivity contribution in [2.75, 3.05) is 39.6 Å². The van der Waals surface area contributed by atoms with Gasteiger partial charge in [0.25, 0.3) is 0 Å². The van der Waals surface area contributed by atoms with Crippen molar-refractivity contribution < 1.29 is 24.2 Å². The fraction of sp³-hybridized carbons (Fsp3) is 0.889. The molecule has 16 heavy (non-hydrogen) atoms. The van der Waals surface area contributed by atoms with Crippen LogP contribution < -0.4 is 11.2 Å². The molecule has 0 saturated heterocycles. The molecular weight excluding hydrogens is 216 g/mol. The maximum absolute atomic E-state index is 10.3. The molecule has 96 valence electrons. The van der Waals surface area contributed by atoms with E-state index in [0.29, 0.717) is 19.8 Å². The monoisotopic (exact) mass is 236 g/mol. The van der Waals surface area contributed by atoms with Crippen molar-refractivity contribution >= 4 is 5.91 Å². The fourth-order valence-corrected chi connectivity index (χ4v) is 0.818. The highest BCUT2D eigenvalue weighted by Gasteiger charge is 2.04. The average molecular weight is 236 g/mol. The molecule has 1 unspecified atom stereocenters. The average Bonchev–Trinajstić information content (AvgIpc) is 2.24. The van der Waals surface area contributed by atoms with E-state index in [1.807, 2.05) is 6.92 Å². The van der Waals surface area contributed by atoms with Crippen LogP contribution in [0.2, 0.25) is 0 Å². The lowest BCUT2D eigenvalue weighted by molar-refractivity contribution is -0.126. The zero-order chi connectivity index (χ0) is 12.2. The van der Waals surface area contributed by atoms with Gasteiger partial charge in [0.05, 0.1) is 25.9 Å². The van der Waals surface area contributed by atoms with E-state index in [2.05, 4.69) is 10.3 Å². The first-order valence-corrected chi connectivity index (χ1v) is 5.13. The van der Waals surface area contributed by atoms with Crippen LogP contribution in [0.3, 0.4) is 0 Å². The van der Waals surface area contributed by atoms with Gasteiger partial charge in [0.1, 0.15) is 6.61 Å². The number of primary amides is 1. The van der Waals surface area contributed by atoms with Gasteiger partial charge < -0.3 is 20.3 Å². The highest BCUT2D eigenvalue weighted by atomic mass is 16.6. The summed E-state index contributed by atoms with van der Waals surface area (Å²) in [6.07, 6.45) is -0.700. The van der Waals surface area contributed by atoms with E-state index in [1.165, 1.54) is 0 Å². The molecule has 0 aliphatic heterocycles. The third-order valence-corrected chi connectivity index (χ3v) is 1.52. The van der Waals surface area contributed by atoms with Crippen molar-refractivity contribution in [3.63, 3.8) is 0 Å². The standard InChI is InChI=1S/C9H20N2O5/c1-2-14-3-4-15-6-8(12)5-11-16-7-9(10)13/h8,11-12H,2-7H2,1H3,(H2,10,13). The van der Waals surface area contributed by atoms with Gasteiger partial charge in [0, 0.05) is 13.2 Å². The largest absolute Gasteiger partial charge is 0.389 e. The molecule has 0 heterocycles. The van der Waals surface area contributed by atoms with Gasteiger partial charge in [0.15, 0.2) is 0 Å². The minimum atomic E-state index is -0.700. The Morgan fingerprint density at radius 3 is 2.75 bits per heavy atom. The van der Waals surface area contributed by atoms with Gasteiger partial charge in [-0.15, -0.1) is 0 Å². The Morgan fingerprint density at radius 1 is 1.44 bits per heavy atom. The lowest BCUT2D eigenvalue weighted by Gasteiger charge is -2.11. The second kappa shape index (κ2) is 10.8. The lowest BCUT2D eigenvalue weighted by atomic mass is 10.4. The first kappa shape index (κ1) is 15.3. The second-order valence-corrected chi connectivity index (χ2v) is 3.03. The molecule has 0 rings (SSSR count). The Bertz CT molecular complexity index is 179. The van der Waals surface area contributed by atoms with Crippen LogP contribution in [-0.4, -0.2) is 56.7 Å². The molecule has 0 bridgehead atoms. The van der Waals surface area contributed by atoms with Crippen LogP contribution in [0.1, 0.15) is 6.92 Å². The van der Waals surface area contributed by atoms with Crippen LogP contribution in [0.25, 0.3) is 0 Å². The van der Waals surface area contributed by atoms with E-state index >= 15 is 0 Å². The fourth-order valence-electron chi connectivity index (χ4n) is 0.818. The Morgan fingerprint density at radius 2 is 2.12 bits per heavy atom. The minimum absolute atomic E-state index is 0.169. The van der Waals surface area contributed by atoms with Gasteiger partial charge in [-0.1, -0.05) is 0 Å². The maximum Gasteiger partial charge on any atom is 0.245 e. The highest BCUT2D eigenvalue weighted by Crippen LogP contribution is 1.85. The van der Waals surface area contributed by atoms with Crippen LogP contribution >= 0.6 is 0 Å². The van der Waals surface area contributed by atoms with Crippen LogP contribution in [0.4, 0.5) is 0 Å². The molecule has 0 saturated carbocycles. The number of hydrogen-bond acceptors (Lipinski definition) is 6. The molecule has 7 nitrogen and oxygen atoms in total. The topological polar surface area (TPSA) is 103 Å². The van der Waals surface area contributed by atoms with E-state index in [4.69, 9.17) is 15.2 Å². The van der Waals surface area contributed by atoms with E-state index in [1.54, 1.807) is 0 Å². The molecule has 0 aromatic carbocycles. The first-order valence-electron chi connectivity index (χ1n) is 5.13. The van der Waals surface area contributed by atoms with Crippen molar-refractivity contribution in [1.29, 1.82) is 0 Å². The summed E-state index contributed by atoms with van der Waals surface area (Å²) in [6, 6.07) is 0. The minimum Gasteiger partial charge on any atom is -0.389 e. The summed E-state index contributed by atoms with van der Waals surface area (Å²) in [5.41, 5.74) is 7.24. The van der Waals surface area contributed by atoms with Gasteiger partial charge in [-0.05, 0) is 6.92 Å². The Labute approximate surface area is 94.8 Å². The molecule has 0 aromatic heterocycles. The molecule has 1 atom stereocenters. The number of carbonyl (C=O) groups excluding carboxylic acids is 1. The van der Waals surface area contributed by atoms with E-state index in [-0.39, 0.29) is 19.8 Å².